The molecule has 0 amide bonds. The Morgan fingerprint density at radius 2 is 2.00 bits per heavy atom. The summed E-state index contributed by atoms with van der Waals surface area (Å²) in [4.78, 5) is 4.35. The first-order valence-corrected chi connectivity index (χ1v) is 5.47. The molecule has 0 N–H and O–H groups in total. The molecule has 0 atom stereocenters. The van der Waals surface area contributed by atoms with Crippen molar-refractivity contribution >= 4 is 38.4 Å². The molecule has 0 radical (unpaired) electrons. The molecule has 0 aliphatic carbocycles. The van der Waals surface area contributed by atoms with Crippen LogP contribution in [0.15, 0.2) is 22.8 Å². The highest BCUT2D eigenvalue weighted by atomic mass is 79.9. The van der Waals surface area contributed by atoms with Gasteiger partial charge in [-0.1, -0.05) is 11.6 Å². The number of halogens is 2. The summed E-state index contributed by atoms with van der Waals surface area (Å²) < 4.78 is 0.995. The highest BCUT2D eigenvalue weighted by Gasteiger charge is 2.06. The van der Waals surface area contributed by atoms with Gasteiger partial charge in [-0.25, -0.2) is 0 Å². The van der Waals surface area contributed by atoms with Crippen LogP contribution in [-0.4, -0.2) is 4.98 Å². The number of hydrogen-bond donors (Lipinski definition) is 0. The molecule has 0 aliphatic rings. The molecule has 1 aromatic carbocycles. The third-order valence-electron chi connectivity index (χ3n) is 2.18. The molecule has 1 heterocycles. The summed E-state index contributed by atoms with van der Waals surface area (Å²) in [6.45, 7) is 4.01. The van der Waals surface area contributed by atoms with Crippen LogP contribution in [0.2, 0.25) is 5.02 Å². The first-order chi connectivity index (χ1) is 6.59. The first-order valence-electron chi connectivity index (χ1n) is 4.30. The van der Waals surface area contributed by atoms with Crippen molar-refractivity contribution in [1.29, 1.82) is 0 Å². The molecular weight excluding hydrogens is 261 g/mol. The van der Waals surface area contributed by atoms with Crippen LogP contribution in [0.4, 0.5) is 0 Å². The molecule has 3 heteroatoms. The molecule has 0 unspecified atom stereocenters. The largest absolute Gasteiger partial charge is 0.255 e. The number of pyridine rings is 1. The second-order valence-corrected chi connectivity index (χ2v) is 4.63. The van der Waals surface area contributed by atoms with Crippen LogP contribution in [0.5, 0.6) is 0 Å². The third-order valence-corrected chi connectivity index (χ3v) is 3.28. The topological polar surface area (TPSA) is 12.9 Å². The fraction of sp³-hybridized carbons (Fsp3) is 0.182. The molecule has 14 heavy (non-hydrogen) atoms. The van der Waals surface area contributed by atoms with Crippen molar-refractivity contribution in [2.45, 2.75) is 13.8 Å². The van der Waals surface area contributed by atoms with Gasteiger partial charge in [0.05, 0.1) is 10.5 Å². The Kier molecular flexibility index (Phi) is 2.50. The van der Waals surface area contributed by atoms with E-state index in [0.29, 0.717) is 0 Å². The Hall–Kier alpha value is -0.600. The molecule has 0 aliphatic heterocycles. The van der Waals surface area contributed by atoms with E-state index >= 15 is 0 Å². The minimum absolute atomic E-state index is 0.791. The van der Waals surface area contributed by atoms with Gasteiger partial charge in [0.2, 0.25) is 0 Å². The number of aryl methyl sites for hydroxylation is 2. The standard InChI is InChI=1S/C11H9BrClN/c1-6-3-8-10(13)7(2)5-14-11(8)9(12)4-6/h3-5H,1-2H3. The molecule has 72 valence electrons. The van der Waals surface area contributed by atoms with E-state index in [0.717, 1.165) is 26.0 Å². The summed E-state index contributed by atoms with van der Waals surface area (Å²) >= 11 is 9.69. The zero-order valence-electron chi connectivity index (χ0n) is 7.94. The van der Waals surface area contributed by atoms with Crippen molar-refractivity contribution in [2.24, 2.45) is 0 Å². The van der Waals surface area contributed by atoms with Crippen LogP contribution in [-0.2, 0) is 0 Å². The Balaban J connectivity index is 2.95. The van der Waals surface area contributed by atoms with Crippen LogP contribution in [0.1, 0.15) is 11.1 Å². The van der Waals surface area contributed by atoms with Crippen LogP contribution in [0, 0.1) is 13.8 Å². The van der Waals surface area contributed by atoms with Crippen molar-refractivity contribution in [3.63, 3.8) is 0 Å². The first kappa shape index (κ1) is 9.94. The highest BCUT2D eigenvalue weighted by molar-refractivity contribution is 9.10. The van der Waals surface area contributed by atoms with Crippen LogP contribution in [0.3, 0.4) is 0 Å². The van der Waals surface area contributed by atoms with Crippen molar-refractivity contribution in [1.82, 2.24) is 4.98 Å². The number of aromatic nitrogens is 1. The summed E-state index contributed by atoms with van der Waals surface area (Å²) in [6.07, 6.45) is 1.80. The van der Waals surface area contributed by atoms with Crippen LogP contribution >= 0.6 is 27.5 Å². The fourth-order valence-electron chi connectivity index (χ4n) is 1.46. The van der Waals surface area contributed by atoms with Gasteiger partial charge in [0, 0.05) is 16.1 Å². The van der Waals surface area contributed by atoms with E-state index in [4.69, 9.17) is 11.6 Å². The molecule has 0 saturated carbocycles. The SMILES string of the molecule is Cc1cc(Br)c2ncc(C)c(Cl)c2c1. The van der Waals surface area contributed by atoms with E-state index in [1.807, 2.05) is 19.9 Å². The Bertz CT molecular complexity index is 508. The van der Waals surface area contributed by atoms with Gasteiger partial charge in [-0.05, 0) is 53.0 Å². The van der Waals surface area contributed by atoms with E-state index in [2.05, 4.69) is 27.0 Å². The average molecular weight is 271 g/mol. The second-order valence-electron chi connectivity index (χ2n) is 3.40. The zero-order valence-corrected chi connectivity index (χ0v) is 10.3. The van der Waals surface area contributed by atoms with E-state index in [-0.39, 0.29) is 0 Å². The second kappa shape index (κ2) is 3.52. The van der Waals surface area contributed by atoms with Gasteiger partial charge in [-0.15, -0.1) is 0 Å². The summed E-state index contributed by atoms with van der Waals surface area (Å²) in [7, 11) is 0. The van der Waals surface area contributed by atoms with E-state index < -0.39 is 0 Å². The maximum atomic E-state index is 6.21. The van der Waals surface area contributed by atoms with Gasteiger partial charge in [0.15, 0.2) is 0 Å². The predicted molar refractivity (Wildman–Crippen MR) is 63.9 cm³/mol. The lowest BCUT2D eigenvalue weighted by molar-refractivity contribution is 1.32. The Morgan fingerprint density at radius 1 is 1.29 bits per heavy atom. The molecule has 1 aromatic heterocycles. The van der Waals surface area contributed by atoms with Gasteiger partial charge in [-0.2, -0.15) is 0 Å². The van der Waals surface area contributed by atoms with E-state index in [1.54, 1.807) is 6.20 Å². The summed E-state index contributed by atoms with van der Waals surface area (Å²) in [5, 5.41) is 1.80. The molecule has 2 rings (SSSR count). The maximum absolute atomic E-state index is 6.21. The molecule has 0 fully saturated rings. The van der Waals surface area contributed by atoms with Crippen molar-refractivity contribution in [3.8, 4) is 0 Å². The molecule has 1 nitrogen and oxygen atoms in total. The van der Waals surface area contributed by atoms with Gasteiger partial charge in [0.1, 0.15) is 0 Å². The summed E-state index contributed by atoms with van der Waals surface area (Å²) in [5.74, 6) is 0. The van der Waals surface area contributed by atoms with Crippen molar-refractivity contribution in [3.05, 3.63) is 39.0 Å². The van der Waals surface area contributed by atoms with Gasteiger partial charge in [0.25, 0.3) is 0 Å². The number of benzene rings is 1. The number of rotatable bonds is 0. The minimum atomic E-state index is 0.791. The minimum Gasteiger partial charge on any atom is -0.255 e. The van der Waals surface area contributed by atoms with Gasteiger partial charge in [-0.3, -0.25) is 4.98 Å². The van der Waals surface area contributed by atoms with Crippen molar-refractivity contribution in [2.75, 3.05) is 0 Å². The maximum Gasteiger partial charge on any atom is 0.0859 e. The lowest BCUT2D eigenvalue weighted by Gasteiger charge is -2.05. The van der Waals surface area contributed by atoms with Gasteiger partial charge >= 0.3 is 0 Å². The summed E-state index contributed by atoms with van der Waals surface area (Å²) in [6, 6.07) is 4.10. The smallest absolute Gasteiger partial charge is 0.0859 e. The monoisotopic (exact) mass is 269 g/mol. The Morgan fingerprint density at radius 3 is 2.71 bits per heavy atom. The normalized spacial score (nSPS) is 10.9. The number of hydrogen-bond acceptors (Lipinski definition) is 1. The van der Waals surface area contributed by atoms with E-state index in [1.165, 1.54) is 5.56 Å². The summed E-state index contributed by atoms with van der Waals surface area (Å²) in [5.41, 5.74) is 3.11. The van der Waals surface area contributed by atoms with E-state index in [9.17, 15) is 0 Å². The molecule has 0 saturated heterocycles. The Labute approximate surface area is 96.2 Å². The number of fused-ring (bicyclic) bond motifs is 1. The average Bonchev–Trinajstić information content (AvgIpc) is 2.12. The third kappa shape index (κ3) is 1.53. The molecule has 2 aromatic rings. The molecular formula is C11H9BrClN. The predicted octanol–water partition coefficient (Wildman–Crippen LogP) is 4.27. The fourth-order valence-corrected chi connectivity index (χ4v) is 2.33. The number of nitrogens with zero attached hydrogens (tertiary/aromatic N) is 1. The van der Waals surface area contributed by atoms with Crippen LogP contribution < -0.4 is 0 Å². The quantitative estimate of drug-likeness (QED) is 0.697. The van der Waals surface area contributed by atoms with Crippen molar-refractivity contribution < 1.29 is 0 Å². The molecule has 0 bridgehead atoms. The van der Waals surface area contributed by atoms with Gasteiger partial charge < -0.3 is 0 Å². The lowest BCUT2D eigenvalue weighted by Crippen LogP contribution is -1.86. The zero-order chi connectivity index (χ0) is 10.3. The van der Waals surface area contributed by atoms with Crippen LogP contribution in [0.25, 0.3) is 10.9 Å². The lowest BCUT2D eigenvalue weighted by atomic mass is 10.1. The molecule has 0 spiro atoms. The highest BCUT2D eigenvalue weighted by Crippen LogP contribution is 2.30.